The van der Waals surface area contributed by atoms with Crippen LogP contribution in [0, 0.1) is 13.8 Å². The summed E-state index contributed by atoms with van der Waals surface area (Å²) >= 11 is 3.47. The number of aryl methyl sites for hydroxylation is 2. The largest absolute Gasteiger partial charge is 0.506 e. The molecule has 0 spiro atoms. The van der Waals surface area contributed by atoms with Gasteiger partial charge in [-0.3, -0.25) is 9.59 Å². The van der Waals surface area contributed by atoms with E-state index in [9.17, 15) is 30.0 Å². The van der Waals surface area contributed by atoms with Crippen LogP contribution >= 0.6 is 15.9 Å². The van der Waals surface area contributed by atoms with Gasteiger partial charge in [0.25, 0.3) is 5.79 Å². The Morgan fingerprint density at radius 1 is 1.00 bits per heavy atom. The van der Waals surface area contributed by atoms with Gasteiger partial charge in [-0.25, -0.2) is 0 Å². The van der Waals surface area contributed by atoms with Crippen LogP contribution in [0.5, 0.6) is 11.5 Å². The van der Waals surface area contributed by atoms with Gasteiger partial charge in [0, 0.05) is 44.2 Å². The van der Waals surface area contributed by atoms with Crippen LogP contribution in [0.3, 0.4) is 0 Å². The van der Waals surface area contributed by atoms with Gasteiger partial charge in [-0.05, 0) is 76.5 Å². The minimum atomic E-state index is -2.04. The van der Waals surface area contributed by atoms with E-state index in [2.05, 4.69) is 15.9 Å². The van der Waals surface area contributed by atoms with E-state index in [1.54, 1.807) is 27.7 Å². The molecule has 5 aliphatic heterocycles. The van der Waals surface area contributed by atoms with Gasteiger partial charge in [0.2, 0.25) is 5.79 Å². The molecule has 5 heterocycles. The molecule has 0 aromatic heterocycles. The van der Waals surface area contributed by atoms with Crippen molar-refractivity contribution in [1.29, 1.82) is 0 Å². The number of ether oxygens (including phenoxy) is 9. The molecule has 16 heteroatoms. The minimum Gasteiger partial charge on any atom is -0.506 e. The molecule has 2 aromatic rings. The number of Topliss-reactive ketones (excluding diaryl/α,β-unsaturated/α-hetero) is 1. The number of phenolic OH excluding ortho intramolecular Hbond substituents is 1. The van der Waals surface area contributed by atoms with Crippen molar-refractivity contribution in [2.45, 2.75) is 158 Å². The van der Waals surface area contributed by atoms with E-state index in [1.165, 1.54) is 14.0 Å². The summed E-state index contributed by atoms with van der Waals surface area (Å²) in [6, 6.07) is 1.96. The second-order valence-electron chi connectivity index (χ2n) is 16.8. The van der Waals surface area contributed by atoms with Crippen molar-refractivity contribution in [2.24, 2.45) is 0 Å². The highest BCUT2D eigenvalue weighted by molar-refractivity contribution is 9.09. The number of hydrogen-bond acceptors (Lipinski definition) is 15. The summed E-state index contributed by atoms with van der Waals surface area (Å²) in [4.78, 5) is 24.8. The number of carbonyl (C=O) groups is 2. The highest BCUT2D eigenvalue weighted by Gasteiger charge is 2.85. The molecule has 0 amide bonds. The highest BCUT2D eigenvalue weighted by atomic mass is 79.9. The normalized spacial score (nSPS) is 42.7. The van der Waals surface area contributed by atoms with E-state index in [0.717, 1.165) is 22.1 Å². The van der Waals surface area contributed by atoms with Gasteiger partial charge in [0.1, 0.15) is 35.9 Å². The molecule has 6 aliphatic rings. The average molecular weight is 852 g/mol. The van der Waals surface area contributed by atoms with E-state index in [0.29, 0.717) is 35.8 Å². The number of alkyl halides is 1. The highest BCUT2D eigenvalue weighted by Crippen LogP contribution is 2.66. The zero-order valence-corrected chi connectivity index (χ0v) is 34.4. The Morgan fingerprint density at radius 2 is 1.66 bits per heavy atom. The lowest BCUT2D eigenvalue weighted by Gasteiger charge is -2.53. The molecule has 2 aromatic carbocycles. The molecular weight excluding hydrogens is 800 g/mol. The quantitative estimate of drug-likeness (QED) is 0.221. The topological polar surface area (TPSA) is 198 Å². The summed E-state index contributed by atoms with van der Waals surface area (Å²) in [5.41, 5.74) is -1.62. The first-order chi connectivity index (χ1) is 26.2. The summed E-state index contributed by atoms with van der Waals surface area (Å²) in [7, 11) is 1.40. The molecule has 4 saturated heterocycles. The number of fused-ring (bicyclic) bond motifs is 6. The molecule has 308 valence electrons. The Labute approximate surface area is 332 Å². The van der Waals surface area contributed by atoms with Crippen LogP contribution in [-0.4, -0.2) is 123 Å². The lowest BCUT2D eigenvalue weighted by Crippen LogP contribution is -2.75. The van der Waals surface area contributed by atoms with Crippen LogP contribution in [0.15, 0.2) is 6.07 Å². The maximum absolute atomic E-state index is 13.2. The third-order valence-corrected chi connectivity index (χ3v) is 13.6. The van der Waals surface area contributed by atoms with E-state index >= 15 is 0 Å². The van der Waals surface area contributed by atoms with E-state index in [4.69, 9.17) is 42.6 Å². The zero-order chi connectivity index (χ0) is 40.5. The Bertz CT molecular complexity index is 1970. The summed E-state index contributed by atoms with van der Waals surface area (Å²) in [5, 5.41) is 48.2. The maximum Gasteiger partial charge on any atom is 0.303 e. The molecule has 0 radical (unpaired) electrons. The fourth-order valence-corrected chi connectivity index (χ4v) is 11.0. The number of aromatic hydroxyl groups is 1. The van der Waals surface area contributed by atoms with Crippen LogP contribution in [0.4, 0.5) is 0 Å². The monoisotopic (exact) mass is 850 g/mol. The van der Waals surface area contributed by atoms with Gasteiger partial charge in [-0.15, -0.1) is 0 Å². The first kappa shape index (κ1) is 40.3. The lowest BCUT2D eigenvalue weighted by atomic mass is 9.76. The smallest absolute Gasteiger partial charge is 0.303 e. The molecule has 1 aliphatic carbocycles. The fraction of sp³-hybridized carbons (Fsp3) is 0.700. The predicted molar refractivity (Wildman–Crippen MR) is 198 cm³/mol. The SMILES string of the molecule is CO[C@@]12Oc3c(c(C)cc4c(C)c5c(c(O)c34)C(=O)CCC5)C3OC(COC4CC(C)(O)C(OC5CC(C)(O)C(OC(C)=O)C(C)O5)C(C)O4)(OC31)[C@]2(O)CBr. The molecule has 2 bridgehead atoms. The molecule has 13 atom stereocenters. The molecular formula is C40H51BrO15. The standard InChI is InChI=1S/C40H51BrO15/c1-17-12-23-18(2)22-10-9-11-24(43)28(22)30(44)29(23)31-27(17)32-35-40(48-8,55-31)38(47,15-41)39(54-32,56-35)16-49-25-13-36(6,45)34(20(4)50-25)53-26-14-37(7,46)33(19(3)51-26)52-21(5)42/h12,19-20,25-26,32-35,44-47H,9-11,13-16H2,1-8H3/t19?,20?,25?,26?,32?,33?,34?,35?,36?,37?,38-,39?,40-/m1/s1. The van der Waals surface area contributed by atoms with Gasteiger partial charge in [0.05, 0.1) is 28.8 Å². The van der Waals surface area contributed by atoms with Crippen LogP contribution < -0.4 is 4.74 Å². The van der Waals surface area contributed by atoms with Gasteiger partial charge >= 0.3 is 5.97 Å². The summed E-state index contributed by atoms with van der Waals surface area (Å²) in [6.07, 6.45) is -5.39. The molecule has 15 nitrogen and oxygen atoms in total. The number of ketones is 1. The molecule has 4 fully saturated rings. The van der Waals surface area contributed by atoms with Crippen LogP contribution in [0.25, 0.3) is 10.8 Å². The first-order valence-corrected chi connectivity index (χ1v) is 20.3. The Balaban J connectivity index is 1.05. The van der Waals surface area contributed by atoms with Crippen LogP contribution in [0.1, 0.15) is 99.0 Å². The zero-order valence-electron chi connectivity index (χ0n) is 32.8. The number of methoxy groups -OCH3 is 1. The van der Waals surface area contributed by atoms with Gasteiger partial charge in [-0.1, -0.05) is 22.0 Å². The predicted octanol–water partition coefficient (Wildman–Crippen LogP) is 3.81. The maximum atomic E-state index is 13.2. The van der Waals surface area contributed by atoms with E-state index in [-0.39, 0.29) is 42.1 Å². The molecule has 56 heavy (non-hydrogen) atoms. The van der Waals surface area contributed by atoms with Crippen LogP contribution in [0.2, 0.25) is 0 Å². The number of halogens is 1. The number of carbonyl (C=O) groups excluding carboxylic acids is 2. The van der Waals surface area contributed by atoms with Gasteiger partial charge in [-0.2, -0.15) is 0 Å². The number of aliphatic hydroxyl groups is 3. The second-order valence-corrected chi connectivity index (χ2v) is 17.4. The van der Waals surface area contributed by atoms with Crippen molar-refractivity contribution in [1.82, 2.24) is 0 Å². The molecule has 11 unspecified atom stereocenters. The summed E-state index contributed by atoms with van der Waals surface area (Å²) in [6.45, 7) is 11.3. The van der Waals surface area contributed by atoms with E-state index in [1.807, 2.05) is 19.9 Å². The number of phenols is 1. The average Bonchev–Trinajstić information content (AvgIpc) is 3.61. The number of esters is 1. The van der Waals surface area contributed by atoms with E-state index < -0.39 is 83.6 Å². The summed E-state index contributed by atoms with van der Waals surface area (Å²) < 4.78 is 56.2. The van der Waals surface area contributed by atoms with Crippen molar-refractivity contribution < 1.29 is 72.6 Å². The van der Waals surface area contributed by atoms with Crippen molar-refractivity contribution in [3.05, 3.63) is 33.9 Å². The third kappa shape index (κ3) is 5.65. The minimum absolute atomic E-state index is 0.0273. The number of benzene rings is 2. The Morgan fingerprint density at radius 3 is 2.30 bits per heavy atom. The molecule has 0 saturated carbocycles. The van der Waals surface area contributed by atoms with Crippen LogP contribution in [-0.2, 0) is 49.1 Å². The second kappa shape index (κ2) is 13.5. The van der Waals surface area contributed by atoms with Crippen molar-refractivity contribution in [3.63, 3.8) is 0 Å². The molecule has 4 N–H and O–H groups in total. The van der Waals surface area contributed by atoms with Crippen molar-refractivity contribution in [2.75, 3.05) is 19.0 Å². The number of hydrogen-bond donors (Lipinski definition) is 4. The first-order valence-electron chi connectivity index (χ1n) is 19.2. The lowest BCUT2D eigenvalue weighted by molar-refractivity contribution is -0.369. The Hall–Kier alpha value is -2.48. The van der Waals surface area contributed by atoms with Gasteiger partial charge in [0.15, 0.2) is 36.2 Å². The fourth-order valence-electron chi connectivity index (χ4n) is 10.2. The molecule has 8 rings (SSSR count). The Kier molecular flexibility index (Phi) is 9.74. The third-order valence-electron chi connectivity index (χ3n) is 12.8. The van der Waals surface area contributed by atoms with Crippen molar-refractivity contribution in [3.8, 4) is 11.5 Å². The van der Waals surface area contributed by atoms with Crippen molar-refractivity contribution >= 4 is 38.5 Å². The summed E-state index contributed by atoms with van der Waals surface area (Å²) in [5.74, 6) is -4.30. The van der Waals surface area contributed by atoms with Gasteiger partial charge < -0.3 is 63.1 Å². The number of rotatable bonds is 8.